The molecule has 0 radical (unpaired) electrons. The van der Waals surface area contributed by atoms with E-state index >= 15 is 0 Å². The number of amides is 1. The van der Waals surface area contributed by atoms with Crippen LogP contribution in [0.2, 0.25) is 0 Å². The van der Waals surface area contributed by atoms with Gasteiger partial charge in [-0.15, -0.1) is 0 Å². The summed E-state index contributed by atoms with van der Waals surface area (Å²) in [6.45, 7) is -0.107. The molecule has 41 heavy (non-hydrogen) atoms. The number of carbonyl (C=O) groups excluding carboxylic acids is 2. The summed E-state index contributed by atoms with van der Waals surface area (Å²) in [6, 6.07) is 21.0. The van der Waals surface area contributed by atoms with Crippen LogP contribution in [-0.2, 0) is 14.3 Å². The summed E-state index contributed by atoms with van der Waals surface area (Å²) >= 11 is 5.83. The lowest BCUT2D eigenvalue weighted by molar-refractivity contribution is -0.119. The third-order valence-electron chi connectivity index (χ3n) is 6.62. The normalized spacial score (nSPS) is 16.3. The SMILES string of the molecule is COCC(=O)Nc1cc(N2C(=S)N[C@@H](c3ccccn3)[C@@H]2c2ccc(-c3ccccc3C(=O)OC)o2)ccc1OC. The van der Waals surface area contributed by atoms with Gasteiger partial charge in [0.2, 0.25) is 5.91 Å². The lowest BCUT2D eigenvalue weighted by Gasteiger charge is -2.27. The van der Waals surface area contributed by atoms with Crippen molar-refractivity contribution in [1.82, 2.24) is 10.3 Å². The maximum Gasteiger partial charge on any atom is 0.338 e. The fraction of sp³-hybridized carbons (Fsp3) is 0.200. The van der Waals surface area contributed by atoms with Crippen LogP contribution in [0.1, 0.15) is 33.9 Å². The van der Waals surface area contributed by atoms with Crippen molar-refractivity contribution in [3.63, 3.8) is 0 Å². The van der Waals surface area contributed by atoms with Crippen molar-refractivity contribution < 1.29 is 28.2 Å². The molecule has 0 spiro atoms. The molecule has 0 unspecified atom stereocenters. The molecule has 1 aliphatic rings. The van der Waals surface area contributed by atoms with Gasteiger partial charge in [0.15, 0.2) is 5.11 Å². The van der Waals surface area contributed by atoms with Crippen molar-refractivity contribution in [2.24, 2.45) is 0 Å². The van der Waals surface area contributed by atoms with E-state index in [9.17, 15) is 9.59 Å². The van der Waals surface area contributed by atoms with Crippen LogP contribution in [0.4, 0.5) is 11.4 Å². The first kappa shape index (κ1) is 27.8. The summed E-state index contributed by atoms with van der Waals surface area (Å²) in [6.07, 6.45) is 1.72. The highest BCUT2D eigenvalue weighted by Gasteiger charge is 2.43. The van der Waals surface area contributed by atoms with Gasteiger partial charge in [-0.2, -0.15) is 0 Å². The Morgan fingerprint density at radius 1 is 1.05 bits per heavy atom. The van der Waals surface area contributed by atoms with E-state index in [1.165, 1.54) is 21.3 Å². The van der Waals surface area contributed by atoms with Crippen molar-refractivity contribution in [3.05, 3.63) is 96.0 Å². The summed E-state index contributed by atoms with van der Waals surface area (Å²) in [5, 5.41) is 6.66. The summed E-state index contributed by atoms with van der Waals surface area (Å²) in [5.74, 6) is 0.780. The molecule has 10 nitrogen and oxygen atoms in total. The molecule has 11 heteroatoms. The Morgan fingerprint density at radius 2 is 1.85 bits per heavy atom. The highest BCUT2D eigenvalue weighted by molar-refractivity contribution is 7.80. The fourth-order valence-electron chi connectivity index (χ4n) is 4.83. The number of benzene rings is 2. The largest absolute Gasteiger partial charge is 0.495 e. The number of nitrogens with zero attached hydrogens (tertiary/aromatic N) is 2. The van der Waals surface area contributed by atoms with E-state index in [-0.39, 0.29) is 18.6 Å². The molecule has 3 heterocycles. The smallest absolute Gasteiger partial charge is 0.338 e. The highest BCUT2D eigenvalue weighted by Crippen LogP contribution is 2.44. The van der Waals surface area contributed by atoms with Gasteiger partial charge in [0.25, 0.3) is 0 Å². The van der Waals surface area contributed by atoms with Gasteiger partial charge in [0, 0.05) is 24.6 Å². The molecule has 0 saturated carbocycles. The minimum absolute atomic E-state index is 0.107. The molecule has 2 aromatic carbocycles. The number of rotatable bonds is 9. The standard InChI is InChI=1S/C30H28N4O6S/c1-37-17-26(35)32-22-16-18(11-12-24(22)38-2)34-28(27(33-30(34)41)21-10-6-7-15-31-21)25-14-13-23(40-25)19-8-4-5-9-20(19)29(36)39-3/h4-16,27-28H,17H2,1-3H3,(H,32,35)(H,33,41)/t27-,28-/m0/s1. The zero-order chi connectivity index (χ0) is 28.9. The number of hydrogen-bond donors (Lipinski definition) is 2. The minimum atomic E-state index is -0.465. The zero-order valence-electron chi connectivity index (χ0n) is 22.6. The van der Waals surface area contributed by atoms with Crippen molar-refractivity contribution in [1.29, 1.82) is 0 Å². The maximum atomic E-state index is 12.4. The molecular formula is C30H28N4O6S. The predicted molar refractivity (Wildman–Crippen MR) is 157 cm³/mol. The first-order chi connectivity index (χ1) is 19.9. The molecule has 5 rings (SSSR count). The Labute approximate surface area is 242 Å². The summed E-state index contributed by atoms with van der Waals surface area (Å²) < 4.78 is 21.8. The average molecular weight is 573 g/mol. The van der Waals surface area contributed by atoms with E-state index in [1.54, 1.807) is 36.5 Å². The van der Waals surface area contributed by atoms with E-state index in [1.807, 2.05) is 47.4 Å². The summed E-state index contributed by atoms with van der Waals surface area (Å²) in [5.41, 5.74) is 2.90. The molecule has 1 saturated heterocycles. The quantitative estimate of drug-likeness (QED) is 0.212. The molecule has 0 bridgehead atoms. The van der Waals surface area contributed by atoms with Crippen molar-refractivity contribution in [2.45, 2.75) is 12.1 Å². The minimum Gasteiger partial charge on any atom is -0.495 e. The van der Waals surface area contributed by atoms with Gasteiger partial charge >= 0.3 is 5.97 Å². The van der Waals surface area contributed by atoms with Gasteiger partial charge in [0.05, 0.1) is 37.2 Å². The van der Waals surface area contributed by atoms with Gasteiger partial charge in [-0.05, 0) is 60.7 Å². The molecule has 4 aromatic rings. The van der Waals surface area contributed by atoms with Crippen LogP contribution in [0, 0.1) is 0 Å². The van der Waals surface area contributed by atoms with Gasteiger partial charge in [-0.3, -0.25) is 9.78 Å². The number of ether oxygens (including phenoxy) is 3. The Hall–Kier alpha value is -4.74. The lowest BCUT2D eigenvalue weighted by Crippen LogP contribution is -2.29. The average Bonchev–Trinajstić information content (AvgIpc) is 3.62. The molecular weight excluding hydrogens is 544 g/mol. The van der Waals surface area contributed by atoms with Crippen molar-refractivity contribution in [2.75, 3.05) is 38.2 Å². The third kappa shape index (κ3) is 5.63. The number of nitrogens with one attached hydrogen (secondary N) is 2. The number of hydrogen-bond acceptors (Lipinski definition) is 8. The van der Waals surface area contributed by atoms with Crippen LogP contribution in [-0.4, -0.2) is 49.9 Å². The topological polar surface area (TPSA) is 115 Å². The molecule has 2 N–H and O–H groups in total. The highest BCUT2D eigenvalue weighted by atomic mass is 32.1. The van der Waals surface area contributed by atoms with E-state index in [2.05, 4.69) is 15.6 Å². The second-order valence-corrected chi connectivity index (χ2v) is 9.49. The van der Waals surface area contributed by atoms with E-state index in [0.717, 1.165) is 5.69 Å². The number of anilines is 2. The number of furan rings is 1. The molecule has 2 atom stereocenters. The van der Waals surface area contributed by atoms with Crippen LogP contribution in [0.5, 0.6) is 5.75 Å². The summed E-state index contributed by atoms with van der Waals surface area (Å²) in [4.78, 5) is 31.3. The maximum absolute atomic E-state index is 12.4. The Bertz CT molecular complexity index is 1570. The van der Waals surface area contributed by atoms with E-state index < -0.39 is 12.0 Å². The fourth-order valence-corrected chi connectivity index (χ4v) is 5.17. The van der Waals surface area contributed by atoms with Crippen LogP contribution >= 0.6 is 12.2 Å². The van der Waals surface area contributed by atoms with Crippen molar-refractivity contribution >= 4 is 40.6 Å². The molecule has 1 aliphatic heterocycles. The molecule has 0 aliphatic carbocycles. The van der Waals surface area contributed by atoms with E-state index in [4.69, 9.17) is 30.8 Å². The number of esters is 1. The number of carbonyl (C=O) groups is 2. The molecule has 1 fully saturated rings. The monoisotopic (exact) mass is 572 g/mol. The number of thiocarbonyl (C=S) groups is 1. The van der Waals surface area contributed by atoms with Gasteiger partial charge < -0.3 is 34.2 Å². The predicted octanol–water partition coefficient (Wildman–Crippen LogP) is 4.90. The third-order valence-corrected chi connectivity index (χ3v) is 6.94. The molecule has 1 amide bonds. The lowest BCUT2D eigenvalue weighted by atomic mass is 10.0. The second-order valence-electron chi connectivity index (χ2n) is 9.10. The first-order valence-corrected chi connectivity index (χ1v) is 13.1. The van der Waals surface area contributed by atoms with Gasteiger partial charge in [-0.1, -0.05) is 24.3 Å². The van der Waals surface area contributed by atoms with Crippen LogP contribution < -0.4 is 20.3 Å². The number of methoxy groups -OCH3 is 3. The van der Waals surface area contributed by atoms with Gasteiger partial charge in [0.1, 0.15) is 29.9 Å². The van der Waals surface area contributed by atoms with E-state index in [0.29, 0.717) is 44.9 Å². The Balaban J connectivity index is 1.59. The van der Waals surface area contributed by atoms with Gasteiger partial charge in [-0.25, -0.2) is 4.79 Å². The molecule has 210 valence electrons. The Kier molecular flexibility index (Phi) is 8.27. The van der Waals surface area contributed by atoms with Crippen LogP contribution in [0.15, 0.2) is 83.4 Å². The zero-order valence-corrected chi connectivity index (χ0v) is 23.4. The second kappa shape index (κ2) is 12.2. The number of aromatic nitrogens is 1. The first-order valence-electron chi connectivity index (χ1n) is 12.7. The molecule has 2 aromatic heterocycles. The van der Waals surface area contributed by atoms with Crippen molar-refractivity contribution in [3.8, 4) is 17.1 Å². The Morgan fingerprint density at radius 3 is 2.59 bits per heavy atom. The van der Waals surface area contributed by atoms with Crippen LogP contribution in [0.3, 0.4) is 0 Å². The van der Waals surface area contributed by atoms with Crippen LogP contribution in [0.25, 0.3) is 11.3 Å². The number of pyridine rings is 1. The summed E-state index contributed by atoms with van der Waals surface area (Å²) in [7, 11) is 4.32.